The van der Waals surface area contributed by atoms with Crippen LogP contribution in [0.3, 0.4) is 0 Å². The molecule has 0 aliphatic heterocycles. The Morgan fingerprint density at radius 2 is 1.73 bits per heavy atom. The minimum atomic E-state index is -1.08. The fourth-order valence-electron chi connectivity index (χ4n) is 6.72. The summed E-state index contributed by atoms with van der Waals surface area (Å²) in [4.78, 5) is 38.5. The SMILES string of the molecule is CC(O)C12CC3CC(CC(C(=O)N[C@@H](Cc4ccc(OC(=O)N(C)C)cc4)C(=O)O)(C3)C1)C2. The van der Waals surface area contributed by atoms with Crippen molar-refractivity contribution in [3.8, 4) is 5.75 Å². The van der Waals surface area contributed by atoms with Crippen LogP contribution >= 0.6 is 0 Å². The number of hydrogen-bond acceptors (Lipinski definition) is 5. The molecule has 2 amide bonds. The number of rotatable bonds is 7. The van der Waals surface area contributed by atoms with Crippen LogP contribution in [0, 0.1) is 22.7 Å². The molecule has 33 heavy (non-hydrogen) atoms. The van der Waals surface area contributed by atoms with Gasteiger partial charge in [-0.1, -0.05) is 12.1 Å². The normalized spacial score (nSPS) is 31.5. The Bertz CT molecular complexity index is 911. The van der Waals surface area contributed by atoms with E-state index in [0.717, 1.165) is 37.7 Å². The summed E-state index contributed by atoms with van der Waals surface area (Å²) in [7, 11) is 3.17. The molecule has 0 saturated heterocycles. The predicted octanol–water partition coefficient (Wildman–Crippen LogP) is 2.83. The highest BCUT2D eigenvalue weighted by Gasteiger charge is 2.62. The first-order chi connectivity index (χ1) is 15.5. The average molecular weight is 459 g/mol. The molecule has 4 atom stereocenters. The number of amides is 2. The molecule has 3 unspecified atom stereocenters. The van der Waals surface area contributed by atoms with Gasteiger partial charge in [-0.3, -0.25) is 4.79 Å². The van der Waals surface area contributed by atoms with Crippen LogP contribution in [0.25, 0.3) is 0 Å². The van der Waals surface area contributed by atoms with Gasteiger partial charge in [0.15, 0.2) is 0 Å². The van der Waals surface area contributed by atoms with Crippen molar-refractivity contribution in [2.75, 3.05) is 14.1 Å². The number of benzene rings is 1. The summed E-state index contributed by atoms with van der Waals surface area (Å²) < 4.78 is 5.19. The van der Waals surface area contributed by atoms with Crippen LogP contribution in [-0.2, 0) is 16.0 Å². The standard InChI is InChI=1S/C25H34N2O6/c1-15(28)24-10-17-8-18(11-24)13-25(12-17,14-24)22(31)26-20(21(29)30)9-16-4-6-19(7-5-16)33-23(32)27(2)3/h4-7,15,17-18,20,28H,8-14H2,1-3H3,(H,26,31)(H,29,30)/t15?,17?,18?,20-,24?,25?/m0/s1. The van der Waals surface area contributed by atoms with Gasteiger partial charge in [0.05, 0.1) is 11.5 Å². The third-order valence-electron chi connectivity index (χ3n) is 8.01. The minimum absolute atomic E-state index is 0.132. The van der Waals surface area contributed by atoms with E-state index in [1.165, 1.54) is 4.90 Å². The van der Waals surface area contributed by atoms with E-state index in [-0.39, 0.29) is 17.7 Å². The van der Waals surface area contributed by atoms with Gasteiger partial charge in [0.2, 0.25) is 5.91 Å². The van der Waals surface area contributed by atoms with Gasteiger partial charge in [-0.05, 0) is 80.4 Å². The Balaban J connectivity index is 1.45. The molecule has 4 bridgehead atoms. The third kappa shape index (κ3) is 4.58. The Hall–Kier alpha value is -2.61. The zero-order valence-electron chi connectivity index (χ0n) is 19.5. The molecule has 3 N–H and O–H groups in total. The van der Waals surface area contributed by atoms with Crippen LogP contribution in [0.1, 0.15) is 51.0 Å². The van der Waals surface area contributed by atoms with Crippen LogP contribution in [0.5, 0.6) is 5.75 Å². The number of aliphatic carboxylic acids is 1. The quantitative estimate of drug-likeness (QED) is 0.579. The number of nitrogens with zero attached hydrogens (tertiary/aromatic N) is 1. The molecule has 4 saturated carbocycles. The molecule has 0 aromatic heterocycles. The maximum Gasteiger partial charge on any atom is 0.414 e. The first kappa shape index (κ1) is 23.5. The number of carbonyl (C=O) groups is 3. The summed E-state index contributed by atoms with van der Waals surface area (Å²) in [5.41, 5.74) is -0.0859. The summed E-state index contributed by atoms with van der Waals surface area (Å²) >= 11 is 0. The van der Waals surface area contributed by atoms with Crippen LogP contribution < -0.4 is 10.1 Å². The van der Waals surface area contributed by atoms with Crippen molar-refractivity contribution in [1.82, 2.24) is 10.2 Å². The molecular formula is C25H34N2O6. The van der Waals surface area contributed by atoms with Crippen LogP contribution in [-0.4, -0.2) is 59.3 Å². The number of ether oxygens (including phenoxy) is 1. The molecule has 5 rings (SSSR count). The Morgan fingerprint density at radius 1 is 1.12 bits per heavy atom. The lowest BCUT2D eigenvalue weighted by molar-refractivity contribution is -0.174. The number of carboxylic acid groups (broad SMARTS) is 1. The van der Waals surface area contributed by atoms with E-state index in [0.29, 0.717) is 24.0 Å². The van der Waals surface area contributed by atoms with Gasteiger partial charge in [0.25, 0.3) is 0 Å². The maximum absolute atomic E-state index is 13.5. The van der Waals surface area contributed by atoms with Gasteiger partial charge in [0, 0.05) is 20.5 Å². The van der Waals surface area contributed by atoms with Crippen molar-refractivity contribution in [2.24, 2.45) is 22.7 Å². The zero-order chi connectivity index (χ0) is 24.0. The second-order valence-corrected chi connectivity index (χ2v) is 10.8. The predicted molar refractivity (Wildman–Crippen MR) is 121 cm³/mol. The Labute approximate surface area is 194 Å². The Morgan fingerprint density at radius 3 is 2.24 bits per heavy atom. The highest BCUT2D eigenvalue weighted by molar-refractivity contribution is 5.88. The summed E-state index contributed by atoms with van der Waals surface area (Å²) in [5, 5.41) is 23.2. The number of hydrogen-bond donors (Lipinski definition) is 3. The molecule has 4 aliphatic rings. The van der Waals surface area contributed by atoms with Crippen LogP contribution in [0.4, 0.5) is 4.79 Å². The summed E-state index contributed by atoms with van der Waals surface area (Å²) in [5.74, 6) is -0.0584. The van der Waals surface area contributed by atoms with Crippen molar-refractivity contribution in [2.45, 2.75) is 64.0 Å². The van der Waals surface area contributed by atoms with Crippen molar-refractivity contribution in [3.63, 3.8) is 0 Å². The van der Waals surface area contributed by atoms with Crippen molar-refractivity contribution < 1.29 is 29.3 Å². The molecule has 0 heterocycles. The minimum Gasteiger partial charge on any atom is -0.480 e. The molecule has 4 aliphatic carbocycles. The second kappa shape index (κ2) is 8.63. The number of carbonyl (C=O) groups excluding carboxylic acids is 2. The lowest BCUT2D eigenvalue weighted by atomic mass is 9.43. The van der Waals surface area contributed by atoms with Crippen molar-refractivity contribution >= 4 is 18.0 Å². The van der Waals surface area contributed by atoms with Gasteiger partial charge < -0.3 is 25.2 Å². The van der Waals surface area contributed by atoms with Gasteiger partial charge in [0.1, 0.15) is 11.8 Å². The van der Waals surface area contributed by atoms with E-state index in [1.54, 1.807) is 38.4 Å². The molecule has 8 nitrogen and oxygen atoms in total. The van der Waals surface area contributed by atoms with Crippen LogP contribution in [0.2, 0.25) is 0 Å². The summed E-state index contributed by atoms with van der Waals surface area (Å²) in [6.45, 7) is 1.83. The third-order valence-corrected chi connectivity index (χ3v) is 8.01. The lowest BCUT2D eigenvalue weighted by Gasteiger charge is -2.62. The number of aliphatic hydroxyl groups is 1. The van der Waals surface area contributed by atoms with Gasteiger partial charge in [-0.15, -0.1) is 0 Å². The fourth-order valence-corrected chi connectivity index (χ4v) is 6.72. The molecule has 4 fully saturated rings. The van der Waals surface area contributed by atoms with E-state index >= 15 is 0 Å². The fraction of sp³-hybridized carbons (Fsp3) is 0.640. The van der Waals surface area contributed by atoms with Gasteiger partial charge >= 0.3 is 12.1 Å². The summed E-state index contributed by atoms with van der Waals surface area (Å²) in [6, 6.07) is 5.58. The topological polar surface area (TPSA) is 116 Å². The van der Waals surface area contributed by atoms with E-state index in [1.807, 2.05) is 6.92 Å². The molecule has 0 radical (unpaired) electrons. The Kier molecular flexibility index (Phi) is 6.16. The van der Waals surface area contributed by atoms with E-state index in [4.69, 9.17) is 4.74 Å². The molecular weight excluding hydrogens is 424 g/mol. The van der Waals surface area contributed by atoms with Crippen molar-refractivity contribution in [3.05, 3.63) is 29.8 Å². The molecule has 8 heteroatoms. The number of aliphatic hydroxyl groups excluding tert-OH is 1. The van der Waals surface area contributed by atoms with Gasteiger partial charge in [-0.25, -0.2) is 9.59 Å². The smallest absolute Gasteiger partial charge is 0.414 e. The molecule has 1 aromatic carbocycles. The first-order valence-electron chi connectivity index (χ1n) is 11.7. The number of carboxylic acids is 1. The highest BCUT2D eigenvalue weighted by atomic mass is 16.6. The first-order valence-corrected chi connectivity index (χ1v) is 11.7. The zero-order valence-corrected chi connectivity index (χ0v) is 19.5. The van der Waals surface area contributed by atoms with E-state index in [2.05, 4.69) is 5.32 Å². The highest BCUT2D eigenvalue weighted by Crippen LogP contribution is 2.66. The second-order valence-electron chi connectivity index (χ2n) is 10.8. The maximum atomic E-state index is 13.5. The van der Waals surface area contributed by atoms with E-state index < -0.39 is 29.6 Å². The number of nitrogens with one attached hydrogen (secondary N) is 1. The monoisotopic (exact) mass is 458 g/mol. The van der Waals surface area contributed by atoms with Gasteiger partial charge in [-0.2, -0.15) is 0 Å². The van der Waals surface area contributed by atoms with E-state index in [9.17, 15) is 24.6 Å². The summed E-state index contributed by atoms with van der Waals surface area (Å²) in [6.07, 6.45) is 4.39. The molecule has 0 spiro atoms. The average Bonchev–Trinajstić information content (AvgIpc) is 2.73. The molecule has 180 valence electrons. The lowest BCUT2D eigenvalue weighted by Crippen LogP contribution is -2.61. The molecule has 1 aromatic rings. The van der Waals surface area contributed by atoms with Crippen LogP contribution in [0.15, 0.2) is 24.3 Å². The largest absolute Gasteiger partial charge is 0.480 e. The van der Waals surface area contributed by atoms with Crippen molar-refractivity contribution in [1.29, 1.82) is 0 Å².